The fraction of sp³-hybridized carbons (Fsp3) is 0.708. The van der Waals surface area contributed by atoms with E-state index < -0.39 is 12.1 Å². The topological polar surface area (TPSA) is 80.8 Å². The van der Waals surface area contributed by atoms with Gasteiger partial charge in [-0.3, -0.25) is 9.59 Å². The monoisotopic (exact) mass is 483 g/mol. The Morgan fingerprint density at radius 3 is 2.56 bits per heavy atom. The molecule has 2 amide bonds. The van der Waals surface area contributed by atoms with E-state index in [1.54, 1.807) is 23.2 Å². The minimum absolute atomic E-state index is 0.0278. The fourth-order valence-corrected chi connectivity index (χ4v) is 5.08. The highest BCUT2D eigenvalue weighted by Gasteiger charge is 2.43. The number of carbonyl (C=O) groups is 2. The van der Waals surface area contributed by atoms with Gasteiger partial charge in [-0.25, -0.2) is 4.98 Å². The summed E-state index contributed by atoms with van der Waals surface area (Å²) in [6.07, 6.45) is 0.306. The molecule has 1 N–H and O–H groups in total. The molecule has 1 saturated carbocycles. The zero-order valence-corrected chi connectivity index (χ0v) is 19.2. The van der Waals surface area contributed by atoms with Crippen LogP contribution < -0.4 is 10.1 Å². The molecule has 7 nitrogen and oxygen atoms in total. The van der Waals surface area contributed by atoms with Gasteiger partial charge in [0.15, 0.2) is 11.4 Å². The van der Waals surface area contributed by atoms with E-state index in [1.807, 2.05) is 0 Å². The second-order valence-electron chi connectivity index (χ2n) is 9.55. The van der Waals surface area contributed by atoms with Gasteiger partial charge in [0.2, 0.25) is 5.91 Å². The van der Waals surface area contributed by atoms with E-state index in [-0.39, 0.29) is 48.2 Å². The molecule has 0 spiro atoms. The highest BCUT2D eigenvalue weighted by Crippen LogP contribution is 2.40. The van der Waals surface area contributed by atoms with Crippen LogP contribution in [0.15, 0.2) is 18.3 Å². The summed E-state index contributed by atoms with van der Waals surface area (Å²) in [6.45, 7) is 2.68. The molecule has 10 heteroatoms. The summed E-state index contributed by atoms with van der Waals surface area (Å²) in [5.74, 6) is -1.42. The van der Waals surface area contributed by atoms with Crippen molar-refractivity contribution in [2.75, 3.05) is 32.9 Å². The van der Waals surface area contributed by atoms with Gasteiger partial charge in [-0.05, 0) is 57.1 Å². The SMILES string of the molecule is O=C(NC1CCOCC1)c1ncccc1OCC1CCN(C(=O)C2CCC(C(F)(F)F)CC2)C1. The van der Waals surface area contributed by atoms with Gasteiger partial charge < -0.3 is 19.7 Å². The number of nitrogens with zero attached hydrogens (tertiary/aromatic N) is 2. The smallest absolute Gasteiger partial charge is 0.391 e. The first kappa shape index (κ1) is 24.8. The van der Waals surface area contributed by atoms with Crippen LogP contribution in [0, 0.1) is 17.8 Å². The van der Waals surface area contributed by atoms with E-state index in [4.69, 9.17) is 9.47 Å². The van der Waals surface area contributed by atoms with Gasteiger partial charge in [-0.15, -0.1) is 0 Å². The van der Waals surface area contributed by atoms with Crippen LogP contribution in [0.1, 0.15) is 55.4 Å². The van der Waals surface area contributed by atoms with Crippen LogP contribution in [-0.2, 0) is 9.53 Å². The van der Waals surface area contributed by atoms with Crippen LogP contribution in [0.2, 0.25) is 0 Å². The second kappa shape index (κ2) is 10.9. The first-order valence-electron chi connectivity index (χ1n) is 12.1. The number of aromatic nitrogens is 1. The maximum atomic E-state index is 12.9. The quantitative estimate of drug-likeness (QED) is 0.669. The van der Waals surface area contributed by atoms with Crippen LogP contribution >= 0.6 is 0 Å². The number of alkyl halides is 3. The molecule has 2 saturated heterocycles. The van der Waals surface area contributed by atoms with Crippen molar-refractivity contribution in [3.63, 3.8) is 0 Å². The molecule has 188 valence electrons. The minimum Gasteiger partial charge on any atom is -0.491 e. The van der Waals surface area contributed by atoms with Crippen LogP contribution in [0.3, 0.4) is 0 Å². The highest BCUT2D eigenvalue weighted by atomic mass is 19.4. The Labute approximate surface area is 197 Å². The average molecular weight is 484 g/mol. The van der Waals surface area contributed by atoms with Crippen molar-refractivity contribution in [3.05, 3.63) is 24.0 Å². The molecule has 0 bridgehead atoms. The summed E-state index contributed by atoms with van der Waals surface area (Å²) in [4.78, 5) is 31.5. The van der Waals surface area contributed by atoms with E-state index in [1.165, 1.54) is 0 Å². The van der Waals surface area contributed by atoms with Gasteiger partial charge >= 0.3 is 6.18 Å². The lowest BCUT2D eigenvalue weighted by atomic mass is 9.81. The summed E-state index contributed by atoms with van der Waals surface area (Å²) in [7, 11) is 0. The summed E-state index contributed by atoms with van der Waals surface area (Å²) < 4.78 is 50.0. The van der Waals surface area contributed by atoms with E-state index in [0.717, 1.165) is 19.3 Å². The molecule has 4 rings (SSSR count). The van der Waals surface area contributed by atoms with Crippen molar-refractivity contribution in [1.82, 2.24) is 15.2 Å². The molecule has 3 fully saturated rings. The fourth-order valence-electron chi connectivity index (χ4n) is 5.08. The molecular weight excluding hydrogens is 451 g/mol. The normalized spacial score (nSPS) is 26.3. The van der Waals surface area contributed by atoms with Gasteiger partial charge in [-0.2, -0.15) is 13.2 Å². The van der Waals surface area contributed by atoms with E-state index in [0.29, 0.717) is 51.5 Å². The zero-order valence-electron chi connectivity index (χ0n) is 19.2. The van der Waals surface area contributed by atoms with Crippen molar-refractivity contribution in [2.24, 2.45) is 17.8 Å². The molecule has 3 heterocycles. The van der Waals surface area contributed by atoms with Crippen molar-refractivity contribution >= 4 is 11.8 Å². The number of nitrogens with one attached hydrogen (secondary N) is 1. The Bertz CT molecular complexity index is 852. The Balaban J connectivity index is 1.25. The number of likely N-dealkylation sites (tertiary alicyclic amines) is 1. The predicted octanol–water partition coefficient (Wildman–Crippen LogP) is 3.59. The number of hydrogen-bond donors (Lipinski definition) is 1. The molecule has 1 aromatic heterocycles. The third kappa shape index (κ3) is 6.20. The highest BCUT2D eigenvalue weighted by molar-refractivity contribution is 5.95. The van der Waals surface area contributed by atoms with Crippen molar-refractivity contribution in [2.45, 2.75) is 57.2 Å². The largest absolute Gasteiger partial charge is 0.491 e. The molecule has 2 aliphatic heterocycles. The number of hydrogen-bond acceptors (Lipinski definition) is 5. The Morgan fingerprint density at radius 1 is 1.12 bits per heavy atom. The molecular formula is C24H32F3N3O4. The van der Waals surface area contributed by atoms with Crippen molar-refractivity contribution < 1.29 is 32.2 Å². The molecule has 0 aromatic carbocycles. The number of carbonyl (C=O) groups excluding carboxylic acids is 2. The Hall–Kier alpha value is -2.36. The third-order valence-electron chi connectivity index (χ3n) is 7.15. The molecule has 1 atom stereocenters. The van der Waals surface area contributed by atoms with E-state index >= 15 is 0 Å². The maximum Gasteiger partial charge on any atom is 0.391 e. The molecule has 1 aromatic rings. The summed E-state index contributed by atoms with van der Waals surface area (Å²) >= 11 is 0. The Morgan fingerprint density at radius 2 is 1.85 bits per heavy atom. The average Bonchev–Trinajstić information content (AvgIpc) is 3.32. The number of pyridine rings is 1. The number of halogens is 3. The second-order valence-corrected chi connectivity index (χ2v) is 9.55. The van der Waals surface area contributed by atoms with Gasteiger partial charge in [0.25, 0.3) is 5.91 Å². The number of amides is 2. The van der Waals surface area contributed by atoms with Crippen molar-refractivity contribution in [3.8, 4) is 5.75 Å². The summed E-state index contributed by atoms with van der Waals surface area (Å²) in [6, 6.07) is 3.47. The minimum atomic E-state index is -4.17. The summed E-state index contributed by atoms with van der Waals surface area (Å²) in [5, 5.41) is 2.99. The van der Waals surface area contributed by atoms with Crippen LogP contribution in [0.5, 0.6) is 5.75 Å². The van der Waals surface area contributed by atoms with Crippen molar-refractivity contribution in [1.29, 1.82) is 0 Å². The molecule has 1 unspecified atom stereocenters. The standard InChI is InChI=1S/C24H32F3N3O4/c25-24(26,27)18-5-3-17(4-6-18)23(32)30-11-7-16(14-30)15-34-20-2-1-10-28-21(20)22(31)29-19-8-12-33-13-9-19/h1-2,10,16-19H,3-9,11-15H2,(H,29,31). The molecule has 3 aliphatic rings. The number of rotatable bonds is 6. The van der Waals surface area contributed by atoms with Gasteiger partial charge in [-0.1, -0.05) is 0 Å². The van der Waals surface area contributed by atoms with E-state index in [9.17, 15) is 22.8 Å². The maximum absolute atomic E-state index is 12.9. The lowest BCUT2D eigenvalue weighted by Crippen LogP contribution is -2.39. The third-order valence-corrected chi connectivity index (χ3v) is 7.15. The van der Waals surface area contributed by atoms with E-state index in [2.05, 4.69) is 10.3 Å². The number of ether oxygens (including phenoxy) is 2. The summed E-state index contributed by atoms with van der Waals surface area (Å²) in [5.41, 5.74) is 0.237. The van der Waals surface area contributed by atoms with Gasteiger partial charge in [0.1, 0.15) is 0 Å². The van der Waals surface area contributed by atoms with Gasteiger partial charge in [0, 0.05) is 50.4 Å². The molecule has 34 heavy (non-hydrogen) atoms. The van der Waals surface area contributed by atoms with Crippen LogP contribution in [0.25, 0.3) is 0 Å². The molecule has 0 radical (unpaired) electrons. The first-order valence-corrected chi connectivity index (χ1v) is 12.1. The lowest BCUT2D eigenvalue weighted by molar-refractivity contribution is -0.185. The zero-order chi connectivity index (χ0) is 24.1. The van der Waals surface area contributed by atoms with Gasteiger partial charge in [0.05, 0.1) is 12.5 Å². The lowest BCUT2D eigenvalue weighted by Gasteiger charge is -2.31. The Kier molecular flexibility index (Phi) is 7.95. The molecule has 1 aliphatic carbocycles. The predicted molar refractivity (Wildman–Crippen MR) is 117 cm³/mol. The van der Waals surface area contributed by atoms with Crippen LogP contribution in [0.4, 0.5) is 13.2 Å². The van der Waals surface area contributed by atoms with Crippen LogP contribution in [-0.4, -0.2) is 66.8 Å². The first-order chi connectivity index (χ1) is 16.3.